The molecule has 0 unspecified atom stereocenters. The third-order valence-corrected chi connectivity index (χ3v) is 1.05. The second kappa shape index (κ2) is 11.5. The highest BCUT2D eigenvalue weighted by Crippen LogP contribution is 2.21. The van der Waals surface area contributed by atoms with Crippen LogP contribution in [0.2, 0.25) is 0 Å². The molecule has 0 heterocycles. The maximum absolute atomic E-state index is 8.67. The SMILES string of the molecule is C=C.NCCN.Oc1ccccc1O. The highest BCUT2D eigenvalue weighted by atomic mass is 16.3. The Balaban J connectivity index is 0. The monoisotopic (exact) mass is 198 g/mol. The van der Waals surface area contributed by atoms with E-state index in [0.29, 0.717) is 13.1 Å². The first-order valence-electron chi connectivity index (χ1n) is 4.09. The van der Waals surface area contributed by atoms with E-state index < -0.39 is 0 Å². The number of phenols is 2. The molecule has 0 amide bonds. The van der Waals surface area contributed by atoms with Gasteiger partial charge in [0.05, 0.1) is 0 Å². The van der Waals surface area contributed by atoms with Gasteiger partial charge in [-0.2, -0.15) is 0 Å². The van der Waals surface area contributed by atoms with Gasteiger partial charge < -0.3 is 21.7 Å². The smallest absolute Gasteiger partial charge is 0.157 e. The normalized spacial score (nSPS) is 7.57. The molecule has 14 heavy (non-hydrogen) atoms. The van der Waals surface area contributed by atoms with Gasteiger partial charge in [0.2, 0.25) is 0 Å². The van der Waals surface area contributed by atoms with Gasteiger partial charge in [0.1, 0.15) is 0 Å². The minimum absolute atomic E-state index is 0.0764. The van der Waals surface area contributed by atoms with E-state index in [-0.39, 0.29) is 11.5 Å². The summed E-state index contributed by atoms with van der Waals surface area (Å²) in [6, 6.07) is 6.15. The van der Waals surface area contributed by atoms with Gasteiger partial charge in [0.25, 0.3) is 0 Å². The summed E-state index contributed by atoms with van der Waals surface area (Å²) >= 11 is 0. The summed E-state index contributed by atoms with van der Waals surface area (Å²) in [6.45, 7) is 7.19. The van der Waals surface area contributed by atoms with Crippen molar-refractivity contribution in [2.45, 2.75) is 0 Å². The number of rotatable bonds is 1. The molecule has 0 aliphatic heterocycles. The molecule has 0 radical (unpaired) electrons. The van der Waals surface area contributed by atoms with Crippen LogP contribution < -0.4 is 11.5 Å². The number of aromatic hydroxyl groups is 2. The zero-order chi connectivity index (χ0) is 11.4. The fourth-order valence-electron chi connectivity index (χ4n) is 0.464. The molecule has 0 fully saturated rings. The van der Waals surface area contributed by atoms with Crippen molar-refractivity contribution in [1.29, 1.82) is 0 Å². The van der Waals surface area contributed by atoms with Crippen LogP contribution in [0.1, 0.15) is 0 Å². The summed E-state index contributed by atoms with van der Waals surface area (Å²) in [4.78, 5) is 0. The fraction of sp³-hybridized carbons (Fsp3) is 0.200. The Labute approximate surface area is 84.5 Å². The molecule has 1 aromatic rings. The van der Waals surface area contributed by atoms with E-state index in [1.165, 1.54) is 12.1 Å². The standard InChI is InChI=1S/C6H6O2.C2H8N2.C2H4/c7-5-3-1-2-4-6(5)8;3-1-2-4;1-2/h1-4,7-8H;1-4H2;1-2H2. The van der Waals surface area contributed by atoms with E-state index in [9.17, 15) is 0 Å². The molecule has 0 aliphatic rings. The molecule has 0 aliphatic carbocycles. The molecular formula is C10H18N2O2. The topological polar surface area (TPSA) is 92.5 Å². The summed E-state index contributed by atoms with van der Waals surface area (Å²) in [5.41, 5.74) is 9.81. The van der Waals surface area contributed by atoms with Gasteiger partial charge in [-0.05, 0) is 12.1 Å². The van der Waals surface area contributed by atoms with Gasteiger partial charge in [0, 0.05) is 13.1 Å². The van der Waals surface area contributed by atoms with Crippen LogP contribution in [-0.2, 0) is 0 Å². The molecule has 0 bridgehead atoms. The number of hydrogen-bond acceptors (Lipinski definition) is 4. The van der Waals surface area contributed by atoms with Crippen molar-refractivity contribution < 1.29 is 10.2 Å². The van der Waals surface area contributed by atoms with Gasteiger partial charge in [-0.3, -0.25) is 0 Å². The maximum Gasteiger partial charge on any atom is 0.157 e. The molecule has 1 rings (SSSR count). The van der Waals surface area contributed by atoms with Crippen LogP contribution in [0, 0.1) is 0 Å². The van der Waals surface area contributed by atoms with E-state index >= 15 is 0 Å². The van der Waals surface area contributed by atoms with Crippen LogP contribution >= 0.6 is 0 Å². The predicted molar refractivity (Wildman–Crippen MR) is 59.1 cm³/mol. The molecule has 4 nitrogen and oxygen atoms in total. The number of hydrogen-bond donors (Lipinski definition) is 4. The van der Waals surface area contributed by atoms with Crippen molar-refractivity contribution in [3.8, 4) is 11.5 Å². The van der Waals surface area contributed by atoms with E-state index in [1.54, 1.807) is 12.1 Å². The maximum atomic E-state index is 8.67. The summed E-state index contributed by atoms with van der Waals surface area (Å²) in [5.74, 6) is -0.153. The van der Waals surface area contributed by atoms with Crippen molar-refractivity contribution in [3.63, 3.8) is 0 Å². The summed E-state index contributed by atoms with van der Waals surface area (Å²) in [6.07, 6.45) is 0. The highest BCUT2D eigenvalue weighted by molar-refractivity contribution is 5.36. The van der Waals surface area contributed by atoms with E-state index in [4.69, 9.17) is 21.7 Å². The highest BCUT2D eigenvalue weighted by Gasteiger charge is 1.90. The van der Waals surface area contributed by atoms with Crippen LogP contribution in [-0.4, -0.2) is 23.3 Å². The van der Waals surface area contributed by atoms with Crippen molar-refractivity contribution in [2.24, 2.45) is 11.5 Å². The summed E-state index contributed by atoms with van der Waals surface area (Å²) < 4.78 is 0. The number of benzene rings is 1. The Morgan fingerprint density at radius 2 is 1.21 bits per heavy atom. The minimum Gasteiger partial charge on any atom is -0.504 e. The third kappa shape index (κ3) is 8.58. The lowest BCUT2D eigenvalue weighted by Crippen LogP contribution is -2.11. The molecule has 0 saturated carbocycles. The first kappa shape index (κ1) is 15.0. The Morgan fingerprint density at radius 3 is 1.36 bits per heavy atom. The Bertz CT molecular complexity index is 206. The number of nitrogens with two attached hydrogens (primary N) is 2. The van der Waals surface area contributed by atoms with Crippen molar-refractivity contribution in [1.82, 2.24) is 0 Å². The molecule has 0 aromatic heterocycles. The van der Waals surface area contributed by atoms with Crippen LogP contribution in [0.15, 0.2) is 37.4 Å². The predicted octanol–water partition coefficient (Wildman–Crippen LogP) is 0.804. The van der Waals surface area contributed by atoms with Crippen molar-refractivity contribution in [3.05, 3.63) is 37.4 Å². The molecular weight excluding hydrogens is 180 g/mol. The largest absolute Gasteiger partial charge is 0.504 e. The van der Waals surface area contributed by atoms with Crippen LogP contribution in [0.3, 0.4) is 0 Å². The Hall–Kier alpha value is -1.52. The minimum atomic E-state index is -0.0764. The fourth-order valence-corrected chi connectivity index (χ4v) is 0.464. The zero-order valence-corrected chi connectivity index (χ0v) is 8.19. The second-order valence-corrected chi connectivity index (χ2v) is 2.07. The van der Waals surface area contributed by atoms with Gasteiger partial charge in [-0.25, -0.2) is 0 Å². The molecule has 4 heteroatoms. The lowest BCUT2D eigenvalue weighted by Gasteiger charge is -1.91. The van der Waals surface area contributed by atoms with Crippen molar-refractivity contribution >= 4 is 0 Å². The van der Waals surface area contributed by atoms with Gasteiger partial charge in [-0.15, -0.1) is 13.2 Å². The Morgan fingerprint density at radius 1 is 0.929 bits per heavy atom. The quantitative estimate of drug-likeness (QED) is 0.397. The average molecular weight is 198 g/mol. The van der Waals surface area contributed by atoms with Gasteiger partial charge >= 0.3 is 0 Å². The first-order chi connectivity index (χ1) is 6.72. The van der Waals surface area contributed by atoms with E-state index in [1.807, 2.05) is 0 Å². The molecule has 0 spiro atoms. The zero-order valence-electron chi connectivity index (χ0n) is 8.19. The average Bonchev–Trinajstić information content (AvgIpc) is 2.26. The third-order valence-electron chi connectivity index (χ3n) is 1.05. The number of phenolic OH excluding ortho intramolecular Hbond substituents is 2. The molecule has 80 valence electrons. The first-order valence-corrected chi connectivity index (χ1v) is 4.09. The molecule has 0 saturated heterocycles. The Kier molecular flexibility index (Phi) is 12.3. The summed E-state index contributed by atoms with van der Waals surface area (Å²) in [7, 11) is 0. The molecule has 1 aromatic carbocycles. The van der Waals surface area contributed by atoms with Gasteiger partial charge in [0.15, 0.2) is 11.5 Å². The lowest BCUT2D eigenvalue weighted by molar-refractivity contribution is 0.404. The lowest BCUT2D eigenvalue weighted by atomic mass is 10.3. The van der Waals surface area contributed by atoms with Gasteiger partial charge in [-0.1, -0.05) is 12.1 Å². The molecule has 0 atom stereocenters. The van der Waals surface area contributed by atoms with Crippen LogP contribution in [0.4, 0.5) is 0 Å². The van der Waals surface area contributed by atoms with Crippen LogP contribution in [0.5, 0.6) is 11.5 Å². The molecule has 6 N–H and O–H groups in total. The van der Waals surface area contributed by atoms with E-state index in [0.717, 1.165) is 0 Å². The summed E-state index contributed by atoms with van der Waals surface area (Å²) in [5, 5.41) is 17.3. The van der Waals surface area contributed by atoms with E-state index in [2.05, 4.69) is 13.2 Å². The second-order valence-electron chi connectivity index (χ2n) is 2.07. The van der Waals surface area contributed by atoms with Crippen molar-refractivity contribution in [2.75, 3.05) is 13.1 Å². The van der Waals surface area contributed by atoms with Crippen LogP contribution in [0.25, 0.3) is 0 Å². The number of para-hydroxylation sites is 2.